The summed E-state index contributed by atoms with van der Waals surface area (Å²) in [6.07, 6.45) is 0.953. The first kappa shape index (κ1) is 16.8. The molecule has 0 atom stereocenters. The molecule has 5 nitrogen and oxygen atoms in total. The Labute approximate surface area is 158 Å². The van der Waals surface area contributed by atoms with Gasteiger partial charge in [0.1, 0.15) is 0 Å². The third-order valence-corrected chi connectivity index (χ3v) is 4.73. The molecule has 0 radical (unpaired) electrons. The molecule has 4 rings (SSSR count). The summed E-state index contributed by atoms with van der Waals surface area (Å²) in [6, 6.07) is 20.5. The summed E-state index contributed by atoms with van der Waals surface area (Å²) >= 11 is 5.41. The van der Waals surface area contributed by atoms with Crippen LogP contribution in [0.25, 0.3) is 0 Å². The molecule has 0 saturated carbocycles. The number of fused-ring (bicyclic) bond motifs is 1. The number of para-hydroxylation sites is 1. The summed E-state index contributed by atoms with van der Waals surface area (Å²) in [7, 11) is 0. The van der Waals surface area contributed by atoms with E-state index in [-0.39, 0.29) is 0 Å². The van der Waals surface area contributed by atoms with Gasteiger partial charge in [-0.3, -0.25) is 10.00 Å². The second-order valence-electron chi connectivity index (χ2n) is 6.42. The lowest BCUT2D eigenvalue weighted by atomic mass is 10.1. The van der Waals surface area contributed by atoms with Gasteiger partial charge in [-0.2, -0.15) is 5.10 Å². The Balaban J connectivity index is 1.39. The van der Waals surface area contributed by atoms with Gasteiger partial charge in [0.05, 0.1) is 5.69 Å². The van der Waals surface area contributed by atoms with Gasteiger partial charge >= 0.3 is 0 Å². The van der Waals surface area contributed by atoms with Crippen LogP contribution in [0.3, 0.4) is 0 Å². The molecule has 1 aromatic heterocycles. The fourth-order valence-corrected chi connectivity index (χ4v) is 3.46. The van der Waals surface area contributed by atoms with Crippen LogP contribution in [0, 0.1) is 0 Å². The number of nitrogens with zero attached hydrogens (tertiary/aromatic N) is 2. The Bertz CT molecular complexity index is 876. The highest BCUT2D eigenvalue weighted by atomic mass is 32.1. The lowest BCUT2D eigenvalue weighted by Crippen LogP contribution is -2.30. The van der Waals surface area contributed by atoms with E-state index in [9.17, 15) is 0 Å². The maximum absolute atomic E-state index is 5.41. The zero-order valence-electron chi connectivity index (χ0n) is 14.4. The van der Waals surface area contributed by atoms with Gasteiger partial charge in [-0.05, 0) is 36.3 Å². The lowest BCUT2D eigenvalue weighted by molar-refractivity contribution is 0.242. The minimum atomic E-state index is 0.553. The highest BCUT2D eigenvalue weighted by Crippen LogP contribution is 2.24. The van der Waals surface area contributed by atoms with Crippen LogP contribution in [0.15, 0.2) is 60.7 Å². The van der Waals surface area contributed by atoms with E-state index in [1.165, 1.54) is 11.1 Å². The molecule has 3 N–H and O–H groups in total. The van der Waals surface area contributed by atoms with E-state index in [0.29, 0.717) is 5.11 Å². The number of anilines is 2. The van der Waals surface area contributed by atoms with Crippen molar-refractivity contribution in [1.29, 1.82) is 0 Å². The number of rotatable bonds is 4. The summed E-state index contributed by atoms with van der Waals surface area (Å²) < 4.78 is 0. The van der Waals surface area contributed by atoms with Crippen molar-refractivity contribution in [1.82, 2.24) is 15.1 Å². The molecule has 0 amide bonds. The average molecular weight is 363 g/mol. The number of nitrogens with one attached hydrogen (secondary N) is 3. The number of thiocarbonyl (C=S) groups is 1. The van der Waals surface area contributed by atoms with Crippen LogP contribution in [0.2, 0.25) is 0 Å². The number of benzene rings is 2. The van der Waals surface area contributed by atoms with Gasteiger partial charge in [-0.1, -0.05) is 48.5 Å². The molecule has 2 aromatic carbocycles. The molecule has 132 valence electrons. The molecule has 26 heavy (non-hydrogen) atoms. The maximum atomic E-state index is 5.41. The van der Waals surface area contributed by atoms with Gasteiger partial charge in [0.15, 0.2) is 10.9 Å². The van der Waals surface area contributed by atoms with Crippen molar-refractivity contribution in [3.63, 3.8) is 0 Å². The SMILES string of the molecule is S=C(Nc1ccccc1)Nc1n[nH]c2c1CCN(Cc1ccccc1)C2. The summed E-state index contributed by atoms with van der Waals surface area (Å²) in [4.78, 5) is 2.43. The normalized spacial score (nSPS) is 13.8. The van der Waals surface area contributed by atoms with Crippen molar-refractivity contribution in [2.24, 2.45) is 0 Å². The van der Waals surface area contributed by atoms with Crippen molar-refractivity contribution in [3.8, 4) is 0 Å². The predicted molar refractivity (Wildman–Crippen MR) is 109 cm³/mol. The maximum Gasteiger partial charge on any atom is 0.176 e. The first-order chi connectivity index (χ1) is 12.8. The van der Waals surface area contributed by atoms with Crippen LogP contribution in [0.5, 0.6) is 0 Å². The molecule has 1 aliphatic rings. The lowest BCUT2D eigenvalue weighted by Gasteiger charge is -2.26. The first-order valence-corrected chi connectivity index (χ1v) is 9.14. The minimum Gasteiger partial charge on any atom is -0.332 e. The molecule has 0 bridgehead atoms. The minimum absolute atomic E-state index is 0.553. The summed E-state index contributed by atoms with van der Waals surface area (Å²) in [5, 5.41) is 14.6. The smallest absolute Gasteiger partial charge is 0.176 e. The molecule has 3 aromatic rings. The molecule has 1 aliphatic heterocycles. The van der Waals surface area contributed by atoms with E-state index in [1.807, 2.05) is 30.3 Å². The van der Waals surface area contributed by atoms with Crippen LogP contribution in [-0.2, 0) is 19.5 Å². The van der Waals surface area contributed by atoms with Gasteiger partial charge in [0, 0.05) is 30.9 Å². The van der Waals surface area contributed by atoms with Gasteiger partial charge in [-0.25, -0.2) is 0 Å². The van der Waals surface area contributed by atoms with Crippen LogP contribution in [0.1, 0.15) is 16.8 Å². The van der Waals surface area contributed by atoms with E-state index < -0.39 is 0 Å². The molecule has 6 heteroatoms. The summed E-state index contributed by atoms with van der Waals surface area (Å²) in [6.45, 7) is 2.84. The third-order valence-electron chi connectivity index (χ3n) is 4.53. The fraction of sp³-hybridized carbons (Fsp3) is 0.200. The number of H-pyrrole nitrogens is 1. The van der Waals surface area contributed by atoms with Crippen molar-refractivity contribution in [2.45, 2.75) is 19.5 Å². The quantitative estimate of drug-likeness (QED) is 0.616. The monoisotopic (exact) mass is 363 g/mol. The second-order valence-corrected chi connectivity index (χ2v) is 6.83. The molecule has 0 fully saturated rings. The Kier molecular flexibility index (Phi) is 4.95. The topological polar surface area (TPSA) is 56.0 Å². The molecule has 0 spiro atoms. The zero-order valence-corrected chi connectivity index (χ0v) is 15.2. The molecule has 0 aliphatic carbocycles. The average Bonchev–Trinajstić information content (AvgIpc) is 3.05. The van der Waals surface area contributed by atoms with Gasteiger partial charge in [-0.15, -0.1) is 0 Å². The van der Waals surface area contributed by atoms with Crippen molar-refractivity contribution < 1.29 is 0 Å². The largest absolute Gasteiger partial charge is 0.332 e. The molecular weight excluding hydrogens is 342 g/mol. The second kappa shape index (κ2) is 7.68. The predicted octanol–water partition coefficient (Wildman–Crippen LogP) is 3.78. The van der Waals surface area contributed by atoms with Gasteiger partial charge in [0.25, 0.3) is 0 Å². The molecule has 2 heterocycles. The van der Waals surface area contributed by atoms with Crippen LogP contribution in [-0.4, -0.2) is 26.8 Å². The Hall–Kier alpha value is -2.70. The fourth-order valence-electron chi connectivity index (χ4n) is 3.25. The number of aromatic amines is 1. The first-order valence-electron chi connectivity index (χ1n) is 8.73. The highest BCUT2D eigenvalue weighted by Gasteiger charge is 2.22. The molecule has 0 unspecified atom stereocenters. The van der Waals surface area contributed by atoms with E-state index in [2.05, 4.69) is 56.1 Å². The third kappa shape index (κ3) is 3.92. The summed E-state index contributed by atoms with van der Waals surface area (Å²) in [5.74, 6) is 0.827. The van der Waals surface area contributed by atoms with E-state index in [4.69, 9.17) is 12.2 Å². The standard InChI is InChI=1S/C20H21N5S/c26-20(21-16-9-5-2-6-10-16)22-19-17-11-12-25(14-18(17)23-24-19)13-15-7-3-1-4-8-15/h1-10H,11-14H2,(H3,21,22,23,24,26). The molecule has 0 saturated heterocycles. The Morgan fingerprint density at radius 1 is 1.04 bits per heavy atom. The van der Waals surface area contributed by atoms with Gasteiger partial charge in [0.2, 0.25) is 0 Å². The van der Waals surface area contributed by atoms with Crippen LogP contribution in [0.4, 0.5) is 11.5 Å². The molecular formula is C20H21N5S. The number of hydrogen-bond donors (Lipinski definition) is 3. The number of aromatic nitrogens is 2. The summed E-state index contributed by atoms with van der Waals surface area (Å²) in [5.41, 5.74) is 4.69. The van der Waals surface area contributed by atoms with E-state index in [0.717, 1.165) is 43.3 Å². The number of hydrogen-bond acceptors (Lipinski definition) is 3. The zero-order chi connectivity index (χ0) is 17.8. The Morgan fingerprint density at radius 2 is 1.77 bits per heavy atom. The van der Waals surface area contributed by atoms with E-state index >= 15 is 0 Å². The van der Waals surface area contributed by atoms with Crippen molar-refractivity contribution in [3.05, 3.63) is 77.5 Å². The van der Waals surface area contributed by atoms with Gasteiger partial charge < -0.3 is 10.6 Å². The van der Waals surface area contributed by atoms with Crippen molar-refractivity contribution in [2.75, 3.05) is 17.2 Å². The Morgan fingerprint density at radius 3 is 2.54 bits per heavy atom. The van der Waals surface area contributed by atoms with Crippen LogP contribution >= 0.6 is 12.2 Å². The van der Waals surface area contributed by atoms with Crippen LogP contribution < -0.4 is 10.6 Å². The van der Waals surface area contributed by atoms with Crippen molar-refractivity contribution >= 4 is 28.8 Å². The highest BCUT2D eigenvalue weighted by molar-refractivity contribution is 7.80. The van der Waals surface area contributed by atoms with E-state index in [1.54, 1.807) is 0 Å².